The molecule has 1 fully saturated rings. The van der Waals surface area contributed by atoms with Gasteiger partial charge >= 0.3 is 0 Å². The third-order valence-corrected chi connectivity index (χ3v) is 3.40. The Balaban J connectivity index is 0.00000264. The van der Waals surface area contributed by atoms with Crippen molar-refractivity contribution in [2.24, 2.45) is 0 Å². The SMILES string of the molecule is CCOc1ccc(OCCNC(=O)CN2CCNCC2)cc1.Cl.Cl. The van der Waals surface area contributed by atoms with Crippen molar-refractivity contribution >= 4 is 30.7 Å². The third kappa shape index (κ3) is 8.59. The van der Waals surface area contributed by atoms with Gasteiger partial charge in [-0.2, -0.15) is 0 Å². The number of nitrogens with zero attached hydrogens (tertiary/aromatic N) is 1. The van der Waals surface area contributed by atoms with Gasteiger partial charge in [0, 0.05) is 26.2 Å². The summed E-state index contributed by atoms with van der Waals surface area (Å²) in [5.74, 6) is 1.66. The van der Waals surface area contributed by atoms with Crippen LogP contribution in [0.3, 0.4) is 0 Å². The fourth-order valence-corrected chi connectivity index (χ4v) is 2.29. The summed E-state index contributed by atoms with van der Waals surface area (Å²) in [4.78, 5) is 13.9. The Hall–Kier alpha value is -1.21. The van der Waals surface area contributed by atoms with Crippen LogP contribution in [0.1, 0.15) is 6.92 Å². The predicted octanol–water partition coefficient (Wildman–Crippen LogP) is 1.33. The summed E-state index contributed by atoms with van der Waals surface area (Å²) >= 11 is 0. The van der Waals surface area contributed by atoms with Gasteiger partial charge in [0.05, 0.1) is 19.7 Å². The summed E-state index contributed by atoms with van der Waals surface area (Å²) in [5, 5.41) is 6.15. The summed E-state index contributed by atoms with van der Waals surface area (Å²) in [6.45, 7) is 7.80. The first-order valence-electron chi connectivity index (χ1n) is 7.83. The molecule has 2 rings (SSSR count). The smallest absolute Gasteiger partial charge is 0.234 e. The Kier molecular flexibility index (Phi) is 12.5. The van der Waals surface area contributed by atoms with Gasteiger partial charge in [-0.15, -0.1) is 24.8 Å². The zero-order valence-corrected chi connectivity index (χ0v) is 15.6. The highest BCUT2D eigenvalue weighted by atomic mass is 35.5. The first-order valence-corrected chi connectivity index (χ1v) is 7.83. The number of halogens is 2. The van der Waals surface area contributed by atoms with E-state index in [1.807, 2.05) is 31.2 Å². The molecule has 0 saturated carbocycles. The van der Waals surface area contributed by atoms with Gasteiger partial charge in [0.25, 0.3) is 0 Å². The summed E-state index contributed by atoms with van der Waals surface area (Å²) in [6.07, 6.45) is 0. The van der Waals surface area contributed by atoms with E-state index in [1.165, 1.54) is 0 Å². The molecule has 24 heavy (non-hydrogen) atoms. The molecule has 1 aliphatic heterocycles. The summed E-state index contributed by atoms with van der Waals surface area (Å²) < 4.78 is 11.0. The number of carbonyl (C=O) groups excluding carboxylic acids is 1. The van der Waals surface area contributed by atoms with E-state index in [1.54, 1.807) is 0 Å². The molecule has 1 amide bonds. The van der Waals surface area contributed by atoms with Crippen LogP contribution in [0.4, 0.5) is 0 Å². The number of hydrogen-bond acceptors (Lipinski definition) is 5. The maximum Gasteiger partial charge on any atom is 0.234 e. The molecule has 1 aromatic carbocycles. The van der Waals surface area contributed by atoms with Crippen molar-refractivity contribution in [2.45, 2.75) is 6.92 Å². The van der Waals surface area contributed by atoms with Gasteiger partial charge in [0.1, 0.15) is 18.1 Å². The van der Waals surface area contributed by atoms with Crippen molar-refractivity contribution in [2.75, 3.05) is 52.5 Å². The van der Waals surface area contributed by atoms with E-state index in [0.29, 0.717) is 26.3 Å². The molecule has 138 valence electrons. The van der Waals surface area contributed by atoms with Crippen molar-refractivity contribution in [3.05, 3.63) is 24.3 Å². The lowest BCUT2D eigenvalue weighted by molar-refractivity contribution is -0.122. The molecule has 1 aromatic rings. The average Bonchev–Trinajstić information content (AvgIpc) is 2.54. The molecule has 0 unspecified atom stereocenters. The number of nitrogens with one attached hydrogen (secondary N) is 2. The number of hydrogen-bond donors (Lipinski definition) is 2. The largest absolute Gasteiger partial charge is 0.494 e. The first kappa shape index (κ1) is 22.8. The van der Waals surface area contributed by atoms with Gasteiger partial charge in [-0.05, 0) is 31.2 Å². The highest BCUT2D eigenvalue weighted by molar-refractivity contribution is 5.85. The second-order valence-corrected chi connectivity index (χ2v) is 5.13. The van der Waals surface area contributed by atoms with E-state index < -0.39 is 0 Å². The van der Waals surface area contributed by atoms with Gasteiger partial charge < -0.3 is 20.1 Å². The number of ether oxygens (including phenoxy) is 2. The number of amides is 1. The Morgan fingerprint density at radius 3 is 2.29 bits per heavy atom. The molecule has 0 aromatic heterocycles. The standard InChI is InChI=1S/C16H25N3O3.2ClH/c1-2-21-14-3-5-15(6-4-14)22-12-9-18-16(20)13-19-10-7-17-8-11-19;;/h3-6,17H,2,7-13H2,1H3,(H,18,20);2*1H. The quantitative estimate of drug-likeness (QED) is 0.667. The van der Waals surface area contributed by atoms with Gasteiger partial charge in [-0.25, -0.2) is 0 Å². The molecule has 6 nitrogen and oxygen atoms in total. The van der Waals surface area contributed by atoms with E-state index in [0.717, 1.165) is 37.7 Å². The Labute approximate surface area is 156 Å². The van der Waals surface area contributed by atoms with Crippen LogP contribution in [-0.2, 0) is 4.79 Å². The first-order chi connectivity index (χ1) is 10.8. The number of benzene rings is 1. The second kappa shape index (κ2) is 13.1. The zero-order valence-electron chi connectivity index (χ0n) is 14.0. The molecule has 1 aliphatic rings. The van der Waals surface area contributed by atoms with Crippen LogP contribution in [0.25, 0.3) is 0 Å². The van der Waals surface area contributed by atoms with Crippen molar-refractivity contribution < 1.29 is 14.3 Å². The van der Waals surface area contributed by atoms with E-state index in [4.69, 9.17) is 9.47 Å². The minimum Gasteiger partial charge on any atom is -0.494 e. The molecule has 0 bridgehead atoms. The summed E-state index contributed by atoms with van der Waals surface area (Å²) in [5.41, 5.74) is 0. The average molecular weight is 380 g/mol. The minimum absolute atomic E-state index is 0. The molecular formula is C16H27Cl2N3O3. The van der Waals surface area contributed by atoms with E-state index in [-0.39, 0.29) is 30.7 Å². The minimum atomic E-state index is 0. The fraction of sp³-hybridized carbons (Fsp3) is 0.562. The van der Waals surface area contributed by atoms with Crippen molar-refractivity contribution in [1.82, 2.24) is 15.5 Å². The normalized spacial score (nSPS) is 14.0. The van der Waals surface area contributed by atoms with E-state index >= 15 is 0 Å². The summed E-state index contributed by atoms with van der Waals surface area (Å²) in [6, 6.07) is 7.49. The molecule has 1 heterocycles. The molecule has 0 radical (unpaired) electrons. The van der Waals surface area contributed by atoms with Gasteiger partial charge in [0.2, 0.25) is 5.91 Å². The van der Waals surface area contributed by atoms with Crippen LogP contribution in [0.2, 0.25) is 0 Å². The van der Waals surface area contributed by atoms with Crippen LogP contribution in [0.15, 0.2) is 24.3 Å². The van der Waals surface area contributed by atoms with Crippen LogP contribution in [0, 0.1) is 0 Å². The fourth-order valence-electron chi connectivity index (χ4n) is 2.29. The van der Waals surface area contributed by atoms with Gasteiger partial charge in [-0.1, -0.05) is 0 Å². The highest BCUT2D eigenvalue weighted by Gasteiger charge is 2.12. The highest BCUT2D eigenvalue weighted by Crippen LogP contribution is 2.17. The van der Waals surface area contributed by atoms with Crippen molar-refractivity contribution in [1.29, 1.82) is 0 Å². The number of piperazine rings is 1. The molecule has 2 N–H and O–H groups in total. The van der Waals surface area contributed by atoms with Crippen molar-refractivity contribution in [3.63, 3.8) is 0 Å². The van der Waals surface area contributed by atoms with Crippen LogP contribution in [0.5, 0.6) is 11.5 Å². The topological polar surface area (TPSA) is 62.8 Å². The van der Waals surface area contributed by atoms with E-state index in [2.05, 4.69) is 15.5 Å². The molecule has 0 spiro atoms. The van der Waals surface area contributed by atoms with E-state index in [9.17, 15) is 4.79 Å². The molecule has 0 atom stereocenters. The monoisotopic (exact) mass is 379 g/mol. The summed E-state index contributed by atoms with van der Waals surface area (Å²) in [7, 11) is 0. The lowest BCUT2D eigenvalue weighted by atomic mass is 10.3. The second-order valence-electron chi connectivity index (χ2n) is 5.13. The maximum absolute atomic E-state index is 11.8. The molecule has 1 saturated heterocycles. The van der Waals surface area contributed by atoms with Crippen LogP contribution < -0.4 is 20.1 Å². The molecular weight excluding hydrogens is 353 g/mol. The third-order valence-electron chi connectivity index (χ3n) is 3.40. The maximum atomic E-state index is 11.8. The Morgan fingerprint density at radius 1 is 1.12 bits per heavy atom. The number of carbonyl (C=O) groups is 1. The van der Waals surface area contributed by atoms with Crippen LogP contribution in [-0.4, -0.2) is 63.3 Å². The van der Waals surface area contributed by atoms with Gasteiger partial charge in [-0.3, -0.25) is 9.69 Å². The molecule has 8 heteroatoms. The Morgan fingerprint density at radius 2 is 1.71 bits per heavy atom. The Bertz CT molecular complexity index is 454. The zero-order chi connectivity index (χ0) is 15.6. The predicted molar refractivity (Wildman–Crippen MR) is 99.9 cm³/mol. The van der Waals surface area contributed by atoms with Crippen molar-refractivity contribution in [3.8, 4) is 11.5 Å². The van der Waals surface area contributed by atoms with Gasteiger partial charge in [0.15, 0.2) is 0 Å². The lowest BCUT2D eigenvalue weighted by Crippen LogP contribution is -2.47. The number of rotatable bonds is 8. The molecule has 0 aliphatic carbocycles. The van der Waals surface area contributed by atoms with Crippen LogP contribution >= 0.6 is 24.8 Å². The lowest BCUT2D eigenvalue weighted by Gasteiger charge is -2.26.